The fourth-order valence-corrected chi connectivity index (χ4v) is 1.72. The molecule has 0 atom stereocenters. The van der Waals surface area contributed by atoms with E-state index in [9.17, 15) is 0 Å². The molecule has 96 valence electrons. The monoisotopic (exact) mass is 238 g/mol. The average Bonchev–Trinajstić information content (AvgIpc) is 2.39. The first-order valence-electron chi connectivity index (χ1n) is 6.10. The topological polar surface area (TPSA) is 50.3 Å². The van der Waals surface area contributed by atoms with Crippen molar-refractivity contribution in [3.8, 4) is 5.75 Å². The van der Waals surface area contributed by atoms with Crippen molar-refractivity contribution in [2.75, 3.05) is 37.5 Å². The Balaban J connectivity index is 3.00. The van der Waals surface area contributed by atoms with Gasteiger partial charge in [-0.1, -0.05) is 13.3 Å². The van der Waals surface area contributed by atoms with Crippen LogP contribution in [0.25, 0.3) is 0 Å². The van der Waals surface area contributed by atoms with Gasteiger partial charge in [-0.2, -0.15) is 0 Å². The molecular weight excluding hydrogens is 216 g/mol. The normalized spacial score (nSPS) is 10.1. The molecule has 0 bridgehead atoms. The molecule has 0 fully saturated rings. The lowest BCUT2D eigenvalue weighted by Crippen LogP contribution is -2.25. The van der Waals surface area contributed by atoms with Crippen LogP contribution in [-0.4, -0.2) is 37.2 Å². The molecule has 0 aliphatic carbocycles. The van der Waals surface area contributed by atoms with Crippen molar-refractivity contribution in [1.29, 1.82) is 0 Å². The molecule has 0 amide bonds. The van der Waals surface area contributed by atoms with Crippen LogP contribution in [0.15, 0.2) is 6.33 Å². The number of nitrogens with one attached hydrogen (secondary N) is 1. The van der Waals surface area contributed by atoms with Gasteiger partial charge >= 0.3 is 0 Å². The Labute approximate surface area is 103 Å². The van der Waals surface area contributed by atoms with Crippen molar-refractivity contribution in [3.05, 3.63) is 6.33 Å². The summed E-state index contributed by atoms with van der Waals surface area (Å²) in [6.07, 6.45) is 3.89. The Morgan fingerprint density at radius 1 is 1.35 bits per heavy atom. The number of unbranched alkanes of at least 4 members (excludes halogenated alkanes) is 1. The lowest BCUT2D eigenvalue weighted by molar-refractivity contribution is 0.412. The minimum Gasteiger partial charge on any atom is -0.490 e. The third kappa shape index (κ3) is 3.22. The number of nitrogens with zero attached hydrogens (tertiary/aromatic N) is 3. The van der Waals surface area contributed by atoms with Crippen LogP contribution in [0.2, 0.25) is 0 Å². The number of hydrogen-bond donors (Lipinski definition) is 1. The smallest absolute Gasteiger partial charge is 0.204 e. The highest BCUT2D eigenvalue weighted by molar-refractivity contribution is 5.64. The lowest BCUT2D eigenvalue weighted by Gasteiger charge is -2.24. The second-order valence-electron chi connectivity index (χ2n) is 3.76. The molecule has 1 aromatic heterocycles. The van der Waals surface area contributed by atoms with Crippen LogP contribution in [0, 0.1) is 0 Å². The van der Waals surface area contributed by atoms with Crippen molar-refractivity contribution < 1.29 is 4.74 Å². The molecule has 5 heteroatoms. The molecule has 0 saturated heterocycles. The SMILES string of the molecule is CCCCN(CC)c1ncnc(NC)c1OC. The molecule has 1 aromatic rings. The summed E-state index contributed by atoms with van der Waals surface area (Å²) in [5, 5.41) is 3.02. The standard InChI is InChI=1S/C12H22N4O/c1-5-7-8-16(6-2)12-10(17-4)11(13-3)14-9-15-12/h9H,5-8H2,1-4H3,(H,13,14,15). The molecule has 1 rings (SSSR count). The predicted molar refractivity (Wildman–Crippen MR) is 70.9 cm³/mol. The summed E-state index contributed by atoms with van der Waals surface area (Å²) in [5.74, 6) is 2.31. The lowest BCUT2D eigenvalue weighted by atomic mass is 10.3. The zero-order chi connectivity index (χ0) is 12.7. The molecule has 0 aliphatic heterocycles. The molecule has 0 aliphatic rings. The Morgan fingerprint density at radius 2 is 2.12 bits per heavy atom. The van der Waals surface area contributed by atoms with Gasteiger partial charge in [0, 0.05) is 20.1 Å². The highest BCUT2D eigenvalue weighted by Crippen LogP contribution is 2.31. The van der Waals surface area contributed by atoms with Crippen molar-refractivity contribution >= 4 is 11.6 Å². The fourth-order valence-electron chi connectivity index (χ4n) is 1.72. The maximum absolute atomic E-state index is 5.40. The summed E-state index contributed by atoms with van der Waals surface area (Å²) in [4.78, 5) is 10.7. The molecular formula is C12H22N4O. The minimum absolute atomic E-state index is 0.716. The van der Waals surface area contributed by atoms with Crippen LogP contribution >= 0.6 is 0 Å². The van der Waals surface area contributed by atoms with Gasteiger partial charge in [0.25, 0.3) is 0 Å². The fraction of sp³-hybridized carbons (Fsp3) is 0.667. The Morgan fingerprint density at radius 3 is 2.65 bits per heavy atom. The molecule has 1 heterocycles. The van der Waals surface area contributed by atoms with E-state index in [1.807, 2.05) is 7.05 Å². The van der Waals surface area contributed by atoms with E-state index in [2.05, 4.69) is 34.0 Å². The molecule has 0 aromatic carbocycles. The van der Waals surface area contributed by atoms with Gasteiger partial charge in [0.15, 0.2) is 11.6 Å². The van der Waals surface area contributed by atoms with Gasteiger partial charge in [0.2, 0.25) is 5.75 Å². The van der Waals surface area contributed by atoms with Crippen LogP contribution < -0.4 is 15.0 Å². The molecule has 0 saturated carbocycles. The van der Waals surface area contributed by atoms with Gasteiger partial charge in [-0.05, 0) is 13.3 Å². The van der Waals surface area contributed by atoms with Gasteiger partial charge in [-0.25, -0.2) is 9.97 Å². The van der Waals surface area contributed by atoms with Crippen molar-refractivity contribution in [3.63, 3.8) is 0 Å². The first-order chi connectivity index (χ1) is 8.28. The van der Waals surface area contributed by atoms with Crippen LogP contribution in [0.4, 0.5) is 11.6 Å². The number of ether oxygens (including phenoxy) is 1. The second kappa shape index (κ2) is 6.93. The quantitative estimate of drug-likeness (QED) is 0.788. The van der Waals surface area contributed by atoms with E-state index < -0.39 is 0 Å². The van der Waals surface area contributed by atoms with Crippen molar-refractivity contribution in [1.82, 2.24) is 9.97 Å². The minimum atomic E-state index is 0.716. The van der Waals surface area contributed by atoms with Gasteiger partial charge in [0.05, 0.1) is 7.11 Å². The van der Waals surface area contributed by atoms with Crippen LogP contribution in [0.1, 0.15) is 26.7 Å². The number of methoxy groups -OCH3 is 1. The first kappa shape index (κ1) is 13.5. The number of hydrogen-bond acceptors (Lipinski definition) is 5. The summed E-state index contributed by atoms with van der Waals surface area (Å²) in [7, 11) is 3.48. The predicted octanol–water partition coefficient (Wildman–Crippen LogP) is 2.15. The molecule has 17 heavy (non-hydrogen) atoms. The van der Waals surface area contributed by atoms with Crippen LogP contribution in [-0.2, 0) is 0 Å². The van der Waals surface area contributed by atoms with Gasteiger partial charge in [-0.3, -0.25) is 0 Å². The molecule has 0 spiro atoms. The molecule has 0 unspecified atom stereocenters. The number of aromatic nitrogens is 2. The Hall–Kier alpha value is -1.52. The molecule has 1 N–H and O–H groups in total. The average molecular weight is 238 g/mol. The van der Waals surface area contributed by atoms with E-state index in [1.165, 1.54) is 6.42 Å². The number of anilines is 2. The van der Waals surface area contributed by atoms with Gasteiger partial charge in [-0.15, -0.1) is 0 Å². The zero-order valence-corrected chi connectivity index (χ0v) is 11.2. The summed E-state index contributed by atoms with van der Waals surface area (Å²) < 4.78 is 5.40. The van der Waals surface area contributed by atoms with Crippen molar-refractivity contribution in [2.24, 2.45) is 0 Å². The first-order valence-corrected chi connectivity index (χ1v) is 6.10. The molecule has 5 nitrogen and oxygen atoms in total. The summed E-state index contributed by atoms with van der Waals surface area (Å²) in [6, 6.07) is 0. The van der Waals surface area contributed by atoms with Crippen molar-refractivity contribution in [2.45, 2.75) is 26.7 Å². The van der Waals surface area contributed by atoms with E-state index >= 15 is 0 Å². The van der Waals surface area contributed by atoms with E-state index in [1.54, 1.807) is 13.4 Å². The largest absolute Gasteiger partial charge is 0.490 e. The van der Waals surface area contributed by atoms with E-state index in [0.29, 0.717) is 5.75 Å². The third-order valence-electron chi connectivity index (χ3n) is 2.69. The van der Waals surface area contributed by atoms with Crippen LogP contribution in [0.3, 0.4) is 0 Å². The maximum Gasteiger partial charge on any atom is 0.204 e. The summed E-state index contributed by atoms with van der Waals surface area (Å²) >= 11 is 0. The second-order valence-corrected chi connectivity index (χ2v) is 3.76. The van der Waals surface area contributed by atoms with Crippen LogP contribution in [0.5, 0.6) is 5.75 Å². The number of rotatable bonds is 7. The third-order valence-corrected chi connectivity index (χ3v) is 2.69. The highest BCUT2D eigenvalue weighted by Gasteiger charge is 2.15. The van der Waals surface area contributed by atoms with E-state index in [0.717, 1.165) is 31.1 Å². The van der Waals surface area contributed by atoms with E-state index in [-0.39, 0.29) is 0 Å². The highest BCUT2D eigenvalue weighted by atomic mass is 16.5. The maximum atomic E-state index is 5.40. The summed E-state index contributed by atoms with van der Waals surface area (Å²) in [6.45, 7) is 6.21. The Kier molecular flexibility index (Phi) is 5.52. The zero-order valence-electron chi connectivity index (χ0n) is 11.2. The Bertz CT molecular complexity index is 343. The van der Waals surface area contributed by atoms with Gasteiger partial charge in [0.1, 0.15) is 6.33 Å². The summed E-state index contributed by atoms with van der Waals surface area (Å²) in [5.41, 5.74) is 0. The van der Waals surface area contributed by atoms with E-state index in [4.69, 9.17) is 4.74 Å². The van der Waals surface area contributed by atoms with Gasteiger partial charge < -0.3 is 15.0 Å². The molecule has 0 radical (unpaired) electrons.